The summed E-state index contributed by atoms with van der Waals surface area (Å²) >= 11 is 0. The van der Waals surface area contributed by atoms with Crippen molar-refractivity contribution in [2.45, 2.75) is 32.6 Å². The topological polar surface area (TPSA) is 56.3 Å². The van der Waals surface area contributed by atoms with Crippen molar-refractivity contribution >= 4 is 12.3 Å². The van der Waals surface area contributed by atoms with Crippen LogP contribution in [0.5, 0.6) is 0 Å². The van der Waals surface area contributed by atoms with Crippen LogP contribution < -0.4 is 0 Å². The summed E-state index contributed by atoms with van der Waals surface area (Å²) in [4.78, 5) is 25.8. The maximum absolute atomic E-state index is 10.9. The van der Waals surface area contributed by atoms with Gasteiger partial charge in [0.2, 0.25) is 0 Å². The monoisotopic (exact) mass is 235 g/mol. The number of esters is 1. The van der Waals surface area contributed by atoms with E-state index in [9.17, 15) is 9.59 Å². The molecule has 0 atom stereocenters. The lowest BCUT2D eigenvalue weighted by molar-refractivity contribution is -0.140. The van der Waals surface area contributed by atoms with Crippen molar-refractivity contribution in [1.29, 1.82) is 0 Å². The summed E-state index contributed by atoms with van der Waals surface area (Å²) in [5, 5.41) is 0. The summed E-state index contributed by atoms with van der Waals surface area (Å²) in [6.45, 7) is 1.86. The molecule has 1 aromatic heterocycles. The Morgan fingerprint density at radius 2 is 2.18 bits per heavy atom. The second kappa shape index (κ2) is 6.78. The predicted octanol–water partition coefficient (Wildman–Crippen LogP) is 2.09. The first-order valence-electron chi connectivity index (χ1n) is 5.66. The van der Waals surface area contributed by atoms with Crippen LogP contribution in [-0.2, 0) is 16.0 Å². The highest BCUT2D eigenvalue weighted by atomic mass is 16.5. The van der Waals surface area contributed by atoms with Crippen LogP contribution in [0.25, 0.3) is 0 Å². The lowest BCUT2D eigenvalue weighted by Gasteiger charge is -2.03. The van der Waals surface area contributed by atoms with Gasteiger partial charge in [-0.05, 0) is 37.8 Å². The van der Waals surface area contributed by atoms with E-state index in [1.54, 1.807) is 0 Å². The molecule has 4 heteroatoms. The number of ether oxygens (including phenoxy) is 1. The first kappa shape index (κ1) is 13.4. The van der Waals surface area contributed by atoms with Gasteiger partial charge >= 0.3 is 5.97 Å². The lowest BCUT2D eigenvalue weighted by Crippen LogP contribution is -2.01. The molecule has 0 aliphatic heterocycles. The minimum atomic E-state index is -0.185. The van der Waals surface area contributed by atoms with Crippen LogP contribution >= 0.6 is 0 Å². The van der Waals surface area contributed by atoms with Gasteiger partial charge in [0, 0.05) is 12.1 Å². The third kappa shape index (κ3) is 4.34. The van der Waals surface area contributed by atoms with E-state index in [0.717, 1.165) is 36.8 Å². The van der Waals surface area contributed by atoms with Crippen molar-refractivity contribution in [2.75, 3.05) is 7.11 Å². The molecule has 0 saturated carbocycles. The molecule has 0 aliphatic rings. The molecule has 0 saturated heterocycles. The molecule has 0 N–H and O–H groups in total. The zero-order valence-corrected chi connectivity index (χ0v) is 10.2. The van der Waals surface area contributed by atoms with Crippen LogP contribution in [0.4, 0.5) is 0 Å². The maximum atomic E-state index is 10.9. The number of aldehydes is 1. The minimum absolute atomic E-state index is 0.185. The highest BCUT2D eigenvalue weighted by molar-refractivity contribution is 5.74. The summed E-state index contributed by atoms with van der Waals surface area (Å²) in [5.41, 5.74) is 2.27. The molecular weight excluding hydrogens is 218 g/mol. The van der Waals surface area contributed by atoms with E-state index in [1.165, 1.54) is 7.11 Å². The van der Waals surface area contributed by atoms with Crippen molar-refractivity contribution in [3.05, 3.63) is 29.1 Å². The van der Waals surface area contributed by atoms with Gasteiger partial charge in [0.25, 0.3) is 0 Å². The number of rotatable bonds is 6. The number of aromatic nitrogens is 1. The normalized spacial score (nSPS) is 10.0. The Labute approximate surface area is 101 Å². The number of carbonyl (C=O) groups excluding carboxylic acids is 2. The van der Waals surface area contributed by atoms with Crippen LogP contribution in [0.3, 0.4) is 0 Å². The van der Waals surface area contributed by atoms with E-state index in [4.69, 9.17) is 0 Å². The smallest absolute Gasteiger partial charge is 0.305 e. The molecule has 1 heterocycles. The van der Waals surface area contributed by atoms with Crippen molar-refractivity contribution in [1.82, 2.24) is 4.98 Å². The summed E-state index contributed by atoms with van der Waals surface area (Å²) in [6.07, 6.45) is 3.62. The fourth-order valence-corrected chi connectivity index (χ4v) is 1.52. The average Bonchev–Trinajstić information content (AvgIpc) is 2.36. The molecule has 1 aromatic rings. The Morgan fingerprint density at radius 1 is 1.41 bits per heavy atom. The number of unbranched alkanes of at least 4 members (excludes halogenated alkanes) is 1. The first-order valence-corrected chi connectivity index (χ1v) is 5.66. The Balaban J connectivity index is 2.42. The van der Waals surface area contributed by atoms with Gasteiger partial charge in [-0.25, -0.2) is 4.98 Å². The molecule has 17 heavy (non-hydrogen) atoms. The molecule has 92 valence electrons. The van der Waals surface area contributed by atoms with Crippen molar-refractivity contribution in [2.24, 2.45) is 0 Å². The fourth-order valence-electron chi connectivity index (χ4n) is 1.52. The number of hydrogen-bond acceptors (Lipinski definition) is 4. The molecular formula is C13H17NO3. The zero-order chi connectivity index (χ0) is 12.7. The standard InChI is InChI=1S/C13H17NO3/c1-10-7-8-11(14-12(10)9-15)5-3-4-6-13(16)17-2/h7-9H,3-6H2,1-2H3. The lowest BCUT2D eigenvalue weighted by atomic mass is 10.1. The highest BCUT2D eigenvalue weighted by Gasteiger charge is 2.03. The molecule has 0 fully saturated rings. The van der Waals surface area contributed by atoms with E-state index in [2.05, 4.69) is 9.72 Å². The molecule has 0 radical (unpaired) electrons. The van der Waals surface area contributed by atoms with Gasteiger partial charge in [0.15, 0.2) is 6.29 Å². The number of pyridine rings is 1. The van der Waals surface area contributed by atoms with Gasteiger partial charge < -0.3 is 4.74 Å². The number of nitrogens with zero attached hydrogens (tertiary/aromatic N) is 1. The number of hydrogen-bond donors (Lipinski definition) is 0. The Morgan fingerprint density at radius 3 is 2.82 bits per heavy atom. The van der Waals surface area contributed by atoms with Gasteiger partial charge in [0.1, 0.15) is 5.69 Å². The number of methoxy groups -OCH3 is 1. The van der Waals surface area contributed by atoms with Gasteiger partial charge in [-0.3, -0.25) is 9.59 Å². The molecule has 1 rings (SSSR count). The molecule has 0 bridgehead atoms. The molecule has 0 aromatic carbocycles. The molecule has 0 unspecified atom stereocenters. The third-order valence-corrected chi connectivity index (χ3v) is 2.60. The Bertz CT molecular complexity index is 402. The van der Waals surface area contributed by atoms with Crippen molar-refractivity contribution in [3.63, 3.8) is 0 Å². The quantitative estimate of drug-likeness (QED) is 0.430. The van der Waals surface area contributed by atoms with Gasteiger partial charge in [-0.2, -0.15) is 0 Å². The number of carbonyl (C=O) groups is 2. The van der Waals surface area contributed by atoms with Crippen LogP contribution in [0.2, 0.25) is 0 Å². The van der Waals surface area contributed by atoms with E-state index in [-0.39, 0.29) is 5.97 Å². The van der Waals surface area contributed by atoms with Gasteiger partial charge in [-0.15, -0.1) is 0 Å². The second-order valence-electron chi connectivity index (χ2n) is 3.91. The second-order valence-corrected chi connectivity index (χ2v) is 3.91. The zero-order valence-electron chi connectivity index (χ0n) is 10.2. The first-order chi connectivity index (χ1) is 8.17. The Kier molecular flexibility index (Phi) is 5.33. The van der Waals surface area contributed by atoms with Gasteiger partial charge in [-0.1, -0.05) is 6.07 Å². The largest absolute Gasteiger partial charge is 0.469 e. The van der Waals surface area contributed by atoms with E-state index < -0.39 is 0 Å². The van der Waals surface area contributed by atoms with E-state index in [1.807, 2.05) is 19.1 Å². The number of aryl methyl sites for hydroxylation is 2. The predicted molar refractivity (Wildman–Crippen MR) is 63.9 cm³/mol. The summed E-state index contributed by atoms with van der Waals surface area (Å²) in [5.74, 6) is -0.185. The third-order valence-electron chi connectivity index (χ3n) is 2.60. The molecule has 0 amide bonds. The maximum Gasteiger partial charge on any atom is 0.305 e. The highest BCUT2D eigenvalue weighted by Crippen LogP contribution is 2.08. The minimum Gasteiger partial charge on any atom is -0.469 e. The SMILES string of the molecule is COC(=O)CCCCc1ccc(C)c(C=O)n1. The van der Waals surface area contributed by atoms with Crippen LogP contribution in [0.15, 0.2) is 12.1 Å². The van der Waals surface area contributed by atoms with Crippen molar-refractivity contribution in [3.8, 4) is 0 Å². The fraction of sp³-hybridized carbons (Fsp3) is 0.462. The molecule has 4 nitrogen and oxygen atoms in total. The van der Waals surface area contributed by atoms with E-state index in [0.29, 0.717) is 12.1 Å². The van der Waals surface area contributed by atoms with Crippen LogP contribution in [-0.4, -0.2) is 24.3 Å². The van der Waals surface area contributed by atoms with Crippen LogP contribution in [0.1, 0.15) is 41.0 Å². The molecule has 0 spiro atoms. The summed E-state index contributed by atoms with van der Waals surface area (Å²) in [7, 11) is 1.39. The summed E-state index contributed by atoms with van der Waals surface area (Å²) in [6, 6.07) is 3.81. The van der Waals surface area contributed by atoms with Crippen molar-refractivity contribution < 1.29 is 14.3 Å². The summed E-state index contributed by atoms with van der Waals surface area (Å²) < 4.78 is 4.55. The Hall–Kier alpha value is -1.71. The van der Waals surface area contributed by atoms with Crippen LogP contribution in [0, 0.1) is 6.92 Å². The van der Waals surface area contributed by atoms with E-state index >= 15 is 0 Å². The molecule has 0 aliphatic carbocycles. The average molecular weight is 235 g/mol. The van der Waals surface area contributed by atoms with Gasteiger partial charge in [0.05, 0.1) is 7.11 Å².